The van der Waals surface area contributed by atoms with E-state index in [0.29, 0.717) is 13.2 Å². The molecule has 6 nitrogen and oxygen atoms in total. The molecule has 1 heterocycles. The van der Waals surface area contributed by atoms with Gasteiger partial charge in [-0.3, -0.25) is 4.79 Å². The predicted octanol–water partition coefficient (Wildman–Crippen LogP) is 1.42. The Labute approximate surface area is 138 Å². The molecule has 1 aromatic rings. The van der Waals surface area contributed by atoms with Gasteiger partial charge in [0.15, 0.2) is 0 Å². The number of sulfone groups is 1. The van der Waals surface area contributed by atoms with Crippen LogP contribution in [0.15, 0.2) is 29.2 Å². The maximum absolute atomic E-state index is 12.5. The number of alkyl halides is 2. The van der Waals surface area contributed by atoms with Crippen molar-refractivity contribution in [2.24, 2.45) is 0 Å². The van der Waals surface area contributed by atoms with Crippen LogP contribution in [0, 0.1) is 0 Å². The van der Waals surface area contributed by atoms with E-state index in [-0.39, 0.29) is 24.2 Å². The van der Waals surface area contributed by atoms with Crippen molar-refractivity contribution in [1.82, 2.24) is 5.32 Å². The minimum absolute atomic E-state index is 0. The van der Waals surface area contributed by atoms with Gasteiger partial charge in [0.2, 0.25) is 15.7 Å². The summed E-state index contributed by atoms with van der Waals surface area (Å²) in [7, 11) is -4.70. The molecule has 1 saturated heterocycles. The highest BCUT2D eigenvalue weighted by atomic mass is 35.5. The molecule has 2 N–H and O–H groups in total. The van der Waals surface area contributed by atoms with Crippen LogP contribution in [0.2, 0.25) is 0 Å². The number of rotatable bonds is 4. The first-order chi connectivity index (χ1) is 10.3. The third-order valence-corrected chi connectivity index (χ3v) is 4.64. The van der Waals surface area contributed by atoms with Crippen molar-refractivity contribution in [2.75, 3.05) is 18.5 Å². The Balaban J connectivity index is 0.00000264. The van der Waals surface area contributed by atoms with Crippen LogP contribution in [0.25, 0.3) is 0 Å². The Hall–Kier alpha value is -1.29. The fourth-order valence-electron chi connectivity index (χ4n) is 2.10. The van der Waals surface area contributed by atoms with Crippen molar-refractivity contribution in [2.45, 2.75) is 29.7 Å². The number of morpholine rings is 1. The highest BCUT2D eigenvalue weighted by molar-refractivity contribution is 7.91. The summed E-state index contributed by atoms with van der Waals surface area (Å²) >= 11 is 0. The second-order valence-corrected chi connectivity index (χ2v) is 6.75. The van der Waals surface area contributed by atoms with Crippen molar-refractivity contribution in [1.29, 1.82) is 0 Å². The van der Waals surface area contributed by atoms with Gasteiger partial charge in [0.25, 0.3) is 0 Å². The highest BCUT2D eigenvalue weighted by Gasteiger charge is 2.29. The fourth-order valence-corrected chi connectivity index (χ4v) is 2.87. The zero-order chi connectivity index (χ0) is 16.3. The average molecular weight is 371 g/mol. The van der Waals surface area contributed by atoms with Gasteiger partial charge in [0.1, 0.15) is 6.04 Å². The van der Waals surface area contributed by atoms with Gasteiger partial charge < -0.3 is 15.4 Å². The summed E-state index contributed by atoms with van der Waals surface area (Å²) in [6.45, 7) is 2.74. The van der Waals surface area contributed by atoms with Crippen LogP contribution in [0.5, 0.6) is 0 Å². The topological polar surface area (TPSA) is 84.5 Å². The van der Waals surface area contributed by atoms with E-state index in [1.54, 1.807) is 6.92 Å². The summed E-state index contributed by atoms with van der Waals surface area (Å²) in [5.41, 5.74) is 0.131. The van der Waals surface area contributed by atoms with E-state index in [9.17, 15) is 22.0 Å². The van der Waals surface area contributed by atoms with Gasteiger partial charge in [0.05, 0.1) is 17.6 Å². The van der Waals surface area contributed by atoms with Gasteiger partial charge in [-0.2, -0.15) is 8.78 Å². The minimum atomic E-state index is -4.70. The van der Waals surface area contributed by atoms with Gasteiger partial charge in [-0.25, -0.2) is 8.42 Å². The number of carbonyl (C=O) groups is 1. The van der Waals surface area contributed by atoms with Crippen LogP contribution >= 0.6 is 12.4 Å². The first kappa shape index (κ1) is 19.8. The minimum Gasteiger partial charge on any atom is -0.375 e. The van der Waals surface area contributed by atoms with Gasteiger partial charge in [0, 0.05) is 12.2 Å². The molecular formula is C13H17ClF2N2O4S. The maximum Gasteiger partial charge on any atom is 0.341 e. The van der Waals surface area contributed by atoms with Crippen LogP contribution < -0.4 is 10.6 Å². The Morgan fingerprint density at radius 2 is 2.13 bits per heavy atom. The molecule has 0 spiro atoms. The molecule has 1 amide bonds. The average Bonchev–Trinajstić information content (AvgIpc) is 2.47. The molecule has 1 aromatic carbocycles. The second-order valence-electron chi connectivity index (χ2n) is 4.83. The number of ether oxygens (including phenoxy) is 1. The predicted molar refractivity (Wildman–Crippen MR) is 82.7 cm³/mol. The molecule has 130 valence electrons. The zero-order valence-electron chi connectivity index (χ0n) is 12.2. The number of nitrogens with one attached hydrogen (secondary N) is 2. The van der Waals surface area contributed by atoms with Crippen molar-refractivity contribution < 1.29 is 26.7 Å². The van der Waals surface area contributed by atoms with Crippen LogP contribution in [0.4, 0.5) is 14.5 Å². The summed E-state index contributed by atoms with van der Waals surface area (Å²) in [6.07, 6.45) is -0.346. The first-order valence-corrected chi connectivity index (χ1v) is 8.15. The van der Waals surface area contributed by atoms with Crippen molar-refractivity contribution in [3.63, 3.8) is 0 Å². The van der Waals surface area contributed by atoms with E-state index < -0.39 is 32.4 Å². The monoisotopic (exact) mass is 370 g/mol. The van der Waals surface area contributed by atoms with E-state index in [0.717, 1.165) is 12.1 Å². The standard InChI is InChI=1S/C13H16F2N2O4S.ClH/c1-8-11(16-5-6-21-8)12(18)17-9-3-2-4-10(7-9)22(19,20)13(14)15;/h2-4,7-8,11,13,16H,5-6H2,1H3,(H,17,18);1H/t8-,11+;/m1./s1. The van der Waals surface area contributed by atoms with Crippen LogP contribution in [-0.2, 0) is 19.4 Å². The Kier molecular flexibility index (Phi) is 6.87. The normalized spacial score (nSPS) is 21.6. The molecule has 0 aromatic heterocycles. The van der Waals surface area contributed by atoms with Crippen LogP contribution in [-0.4, -0.2) is 45.4 Å². The summed E-state index contributed by atoms with van der Waals surface area (Å²) in [5, 5.41) is 5.48. The van der Waals surface area contributed by atoms with Crippen LogP contribution in [0.3, 0.4) is 0 Å². The Morgan fingerprint density at radius 1 is 1.43 bits per heavy atom. The third kappa shape index (κ3) is 4.60. The van der Waals surface area contributed by atoms with E-state index in [2.05, 4.69) is 10.6 Å². The molecule has 0 aliphatic carbocycles. The summed E-state index contributed by atoms with van der Waals surface area (Å²) in [5.74, 6) is -3.93. The number of hydrogen-bond acceptors (Lipinski definition) is 5. The fraction of sp³-hybridized carbons (Fsp3) is 0.462. The van der Waals surface area contributed by atoms with E-state index in [1.807, 2.05) is 0 Å². The number of amides is 1. The maximum atomic E-state index is 12.5. The summed E-state index contributed by atoms with van der Waals surface area (Å²) in [4.78, 5) is 11.6. The van der Waals surface area contributed by atoms with Crippen molar-refractivity contribution in [3.05, 3.63) is 24.3 Å². The smallest absolute Gasteiger partial charge is 0.341 e. The number of anilines is 1. The summed E-state index contributed by atoms with van der Waals surface area (Å²) < 4.78 is 53.3. The molecule has 10 heteroatoms. The number of carbonyl (C=O) groups excluding carboxylic acids is 1. The number of benzene rings is 1. The highest BCUT2D eigenvalue weighted by Crippen LogP contribution is 2.21. The SMILES string of the molecule is C[C@H]1OCCN[C@@H]1C(=O)Nc1cccc(S(=O)(=O)C(F)F)c1.Cl. The molecule has 23 heavy (non-hydrogen) atoms. The van der Waals surface area contributed by atoms with Gasteiger partial charge in [-0.05, 0) is 25.1 Å². The van der Waals surface area contributed by atoms with Gasteiger partial charge >= 0.3 is 5.76 Å². The quantitative estimate of drug-likeness (QED) is 0.837. The van der Waals surface area contributed by atoms with Gasteiger partial charge in [-0.1, -0.05) is 6.07 Å². The lowest BCUT2D eigenvalue weighted by molar-refractivity contribution is -0.123. The molecule has 2 rings (SSSR count). The molecule has 1 fully saturated rings. The largest absolute Gasteiger partial charge is 0.375 e. The lowest BCUT2D eigenvalue weighted by Crippen LogP contribution is -2.53. The molecule has 0 bridgehead atoms. The zero-order valence-corrected chi connectivity index (χ0v) is 13.8. The van der Waals surface area contributed by atoms with Crippen molar-refractivity contribution >= 4 is 33.8 Å². The third-order valence-electron chi connectivity index (χ3n) is 3.26. The lowest BCUT2D eigenvalue weighted by atomic mass is 10.1. The van der Waals surface area contributed by atoms with Crippen molar-refractivity contribution in [3.8, 4) is 0 Å². The second kappa shape index (κ2) is 8.00. The molecule has 0 unspecified atom stereocenters. The molecule has 1 aliphatic heterocycles. The van der Waals surface area contributed by atoms with E-state index >= 15 is 0 Å². The molecule has 1 aliphatic rings. The van der Waals surface area contributed by atoms with Gasteiger partial charge in [-0.15, -0.1) is 12.4 Å². The first-order valence-electron chi connectivity index (χ1n) is 6.60. The lowest BCUT2D eigenvalue weighted by Gasteiger charge is -2.29. The molecule has 0 saturated carbocycles. The van der Waals surface area contributed by atoms with E-state index in [4.69, 9.17) is 4.74 Å². The van der Waals surface area contributed by atoms with E-state index in [1.165, 1.54) is 12.1 Å². The Bertz CT molecular complexity index is 657. The number of hydrogen-bond donors (Lipinski definition) is 2. The molecule has 2 atom stereocenters. The van der Waals surface area contributed by atoms with Crippen LogP contribution in [0.1, 0.15) is 6.92 Å². The Morgan fingerprint density at radius 3 is 2.74 bits per heavy atom. The summed E-state index contributed by atoms with van der Waals surface area (Å²) in [6, 6.07) is 4.19. The molecule has 0 radical (unpaired) electrons. The molecular weight excluding hydrogens is 354 g/mol. The number of halogens is 3.